The van der Waals surface area contributed by atoms with Gasteiger partial charge in [-0.05, 0) is 6.42 Å². The van der Waals surface area contributed by atoms with E-state index in [1.165, 1.54) is 0 Å². The number of aromatic nitrogens is 2. The van der Waals surface area contributed by atoms with E-state index in [0.717, 1.165) is 18.5 Å². The fourth-order valence-corrected chi connectivity index (χ4v) is 1.99. The first-order valence-electron chi connectivity index (χ1n) is 6.06. The molecular formula is C14H17N3O. The van der Waals surface area contributed by atoms with Crippen LogP contribution in [-0.2, 0) is 13.5 Å². The lowest BCUT2D eigenvalue weighted by atomic mass is 10.0. The molecule has 0 saturated carbocycles. The average Bonchev–Trinajstić information content (AvgIpc) is 2.66. The van der Waals surface area contributed by atoms with Gasteiger partial charge < -0.3 is 5.73 Å². The zero-order chi connectivity index (χ0) is 13.1. The molecule has 4 nitrogen and oxygen atoms in total. The van der Waals surface area contributed by atoms with Gasteiger partial charge in [-0.25, -0.2) is 0 Å². The molecule has 0 spiro atoms. The van der Waals surface area contributed by atoms with Gasteiger partial charge in [0.25, 0.3) is 0 Å². The SMILES string of the molecule is CCCc1nn(C)c(N)c1C(=O)c1ccccc1. The molecule has 2 aromatic rings. The highest BCUT2D eigenvalue weighted by Crippen LogP contribution is 2.21. The van der Waals surface area contributed by atoms with Gasteiger partial charge >= 0.3 is 0 Å². The third-order valence-electron chi connectivity index (χ3n) is 2.91. The summed E-state index contributed by atoms with van der Waals surface area (Å²) >= 11 is 0. The number of nitrogens with two attached hydrogens (primary N) is 1. The maximum atomic E-state index is 12.4. The van der Waals surface area contributed by atoms with Crippen LogP contribution < -0.4 is 5.73 Å². The number of hydrogen-bond donors (Lipinski definition) is 1. The van der Waals surface area contributed by atoms with Gasteiger partial charge in [-0.15, -0.1) is 0 Å². The van der Waals surface area contributed by atoms with Gasteiger partial charge in [-0.2, -0.15) is 5.10 Å². The zero-order valence-corrected chi connectivity index (χ0v) is 10.7. The molecular weight excluding hydrogens is 226 g/mol. The fraction of sp³-hybridized carbons (Fsp3) is 0.286. The third kappa shape index (κ3) is 2.14. The molecule has 1 aromatic carbocycles. The molecule has 0 amide bonds. The van der Waals surface area contributed by atoms with Crippen LogP contribution >= 0.6 is 0 Å². The first-order valence-corrected chi connectivity index (χ1v) is 6.06. The number of aryl methyl sites for hydroxylation is 2. The number of carbonyl (C=O) groups is 1. The molecule has 1 heterocycles. The Morgan fingerprint density at radius 2 is 2.00 bits per heavy atom. The van der Waals surface area contributed by atoms with E-state index in [9.17, 15) is 4.79 Å². The fourth-order valence-electron chi connectivity index (χ4n) is 1.99. The van der Waals surface area contributed by atoms with Crippen molar-refractivity contribution in [3.8, 4) is 0 Å². The van der Waals surface area contributed by atoms with E-state index < -0.39 is 0 Å². The summed E-state index contributed by atoms with van der Waals surface area (Å²) in [6.45, 7) is 2.06. The van der Waals surface area contributed by atoms with E-state index in [2.05, 4.69) is 12.0 Å². The van der Waals surface area contributed by atoms with Crippen LogP contribution in [-0.4, -0.2) is 15.6 Å². The van der Waals surface area contributed by atoms with Gasteiger partial charge in [0.05, 0.1) is 11.3 Å². The van der Waals surface area contributed by atoms with Crippen molar-refractivity contribution < 1.29 is 4.79 Å². The summed E-state index contributed by atoms with van der Waals surface area (Å²) in [7, 11) is 1.76. The molecule has 0 fully saturated rings. The van der Waals surface area contributed by atoms with Gasteiger partial charge in [0, 0.05) is 12.6 Å². The van der Waals surface area contributed by atoms with E-state index in [0.29, 0.717) is 16.9 Å². The highest BCUT2D eigenvalue weighted by atomic mass is 16.1. The smallest absolute Gasteiger partial charge is 0.198 e. The summed E-state index contributed by atoms with van der Waals surface area (Å²) in [6, 6.07) is 9.17. The molecule has 0 saturated heterocycles. The molecule has 2 N–H and O–H groups in total. The average molecular weight is 243 g/mol. The molecule has 0 aliphatic rings. The second-order valence-corrected chi connectivity index (χ2v) is 4.28. The van der Waals surface area contributed by atoms with Crippen molar-refractivity contribution in [2.45, 2.75) is 19.8 Å². The molecule has 4 heteroatoms. The second kappa shape index (κ2) is 5.04. The number of nitrogens with zero attached hydrogens (tertiary/aromatic N) is 2. The molecule has 18 heavy (non-hydrogen) atoms. The van der Waals surface area contributed by atoms with Gasteiger partial charge in [0.2, 0.25) is 0 Å². The first kappa shape index (κ1) is 12.4. The molecule has 94 valence electrons. The molecule has 0 bridgehead atoms. The van der Waals surface area contributed by atoms with E-state index in [-0.39, 0.29) is 5.78 Å². The summed E-state index contributed by atoms with van der Waals surface area (Å²) in [4.78, 5) is 12.4. The minimum atomic E-state index is -0.0512. The van der Waals surface area contributed by atoms with Crippen LogP contribution in [0.1, 0.15) is 35.0 Å². The van der Waals surface area contributed by atoms with Gasteiger partial charge in [0.15, 0.2) is 5.78 Å². The Morgan fingerprint density at radius 1 is 1.33 bits per heavy atom. The Hall–Kier alpha value is -2.10. The monoisotopic (exact) mass is 243 g/mol. The molecule has 0 aliphatic heterocycles. The first-order chi connectivity index (χ1) is 8.65. The van der Waals surface area contributed by atoms with Crippen molar-refractivity contribution in [3.63, 3.8) is 0 Å². The molecule has 0 aliphatic carbocycles. The minimum Gasteiger partial charge on any atom is -0.383 e. The van der Waals surface area contributed by atoms with Crippen molar-refractivity contribution in [1.29, 1.82) is 0 Å². The normalized spacial score (nSPS) is 10.6. The van der Waals surface area contributed by atoms with Crippen molar-refractivity contribution in [1.82, 2.24) is 9.78 Å². The zero-order valence-electron chi connectivity index (χ0n) is 10.7. The number of anilines is 1. The summed E-state index contributed by atoms with van der Waals surface area (Å²) in [5, 5.41) is 4.32. The summed E-state index contributed by atoms with van der Waals surface area (Å²) < 4.78 is 1.57. The molecule has 2 rings (SSSR count). The number of carbonyl (C=O) groups excluding carboxylic acids is 1. The quantitative estimate of drug-likeness (QED) is 0.837. The summed E-state index contributed by atoms with van der Waals surface area (Å²) in [5.41, 5.74) is 7.93. The van der Waals surface area contributed by atoms with Crippen LogP contribution in [0.15, 0.2) is 30.3 Å². The Morgan fingerprint density at radius 3 is 2.61 bits per heavy atom. The van der Waals surface area contributed by atoms with Crippen LogP contribution in [0.2, 0.25) is 0 Å². The Kier molecular flexibility index (Phi) is 3.46. The predicted octanol–water partition coefficient (Wildman–Crippen LogP) is 2.19. The van der Waals surface area contributed by atoms with Crippen LogP contribution in [0, 0.1) is 0 Å². The summed E-state index contributed by atoms with van der Waals surface area (Å²) in [5.74, 6) is 0.386. The summed E-state index contributed by atoms with van der Waals surface area (Å²) in [6.07, 6.45) is 1.70. The predicted molar refractivity (Wildman–Crippen MR) is 71.5 cm³/mol. The Balaban J connectivity index is 2.47. The molecule has 1 aromatic heterocycles. The lowest BCUT2D eigenvalue weighted by molar-refractivity contribution is 0.103. The Labute approximate surface area is 106 Å². The number of rotatable bonds is 4. The number of benzene rings is 1. The number of nitrogen functional groups attached to an aromatic ring is 1. The number of ketones is 1. The van der Waals surface area contributed by atoms with Crippen molar-refractivity contribution >= 4 is 11.6 Å². The molecule has 0 atom stereocenters. The highest BCUT2D eigenvalue weighted by molar-refractivity contribution is 6.12. The maximum Gasteiger partial charge on any atom is 0.198 e. The largest absolute Gasteiger partial charge is 0.383 e. The van der Waals surface area contributed by atoms with Crippen molar-refractivity contribution in [2.24, 2.45) is 7.05 Å². The van der Waals surface area contributed by atoms with Gasteiger partial charge in [0.1, 0.15) is 5.82 Å². The minimum absolute atomic E-state index is 0.0512. The van der Waals surface area contributed by atoms with Crippen molar-refractivity contribution in [2.75, 3.05) is 5.73 Å². The van der Waals surface area contributed by atoms with E-state index in [4.69, 9.17) is 5.73 Å². The lowest BCUT2D eigenvalue weighted by Crippen LogP contribution is -2.07. The van der Waals surface area contributed by atoms with Gasteiger partial charge in [-0.3, -0.25) is 9.48 Å². The van der Waals surface area contributed by atoms with E-state index >= 15 is 0 Å². The van der Waals surface area contributed by atoms with Crippen LogP contribution in [0.5, 0.6) is 0 Å². The van der Waals surface area contributed by atoms with Gasteiger partial charge in [-0.1, -0.05) is 43.7 Å². The van der Waals surface area contributed by atoms with Crippen LogP contribution in [0.25, 0.3) is 0 Å². The van der Waals surface area contributed by atoms with E-state index in [1.807, 2.05) is 18.2 Å². The maximum absolute atomic E-state index is 12.4. The number of hydrogen-bond acceptors (Lipinski definition) is 3. The van der Waals surface area contributed by atoms with E-state index in [1.54, 1.807) is 23.9 Å². The van der Waals surface area contributed by atoms with Crippen LogP contribution in [0.4, 0.5) is 5.82 Å². The van der Waals surface area contributed by atoms with Crippen LogP contribution in [0.3, 0.4) is 0 Å². The molecule has 0 radical (unpaired) electrons. The highest BCUT2D eigenvalue weighted by Gasteiger charge is 2.21. The lowest BCUT2D eigenvalue weighted by Gasteiger charge is -2.02. The second-order valence-electron chi connectivity index (χ2n) is 4.28. The Bertz CT molecular complexity index is 558. The van der Waals surface area contributed by atoms with Crippen molar-refractivity contribution in [3.05, 3.63) is 47.2 Å². The standard InChI is InChI=1S/C14H17N3O/c1-3-7-11-12(14(15)17(2)16-11)13(18)10-8-5-4-6-9-10/h4-6,8-9H,3,7,15H2,1-2H3. The molecule has 0 unspecified atom stereocenters. The third-order valence-corrected chi connectivity index (χ3v) is 2.91. The topological polar surface area (TPSA) is 60.9 Å².